The molecule has 1 rings (SSSR count). The average molecular weight is 263 g/mol. The first-order valence-corrected chi connectivity index (χ1v) is 7.42. The van der Waals surface area contributed by atoms with Crippen molar-refractivity contribution in [3.63, 3.8) is 0 Å². The quantitative estimate of drug-likeness (QED) is 0.765. The fraction of sp³-hybridized carbons (Fsp3) is 0.647. The summed E-state index contributed by atoms with van der Waals surface area (Å²) in [5.41, 5.74) is 4.03. The second-order valence-corrected chi connectivity index (χ2v) is 5.80. The number of rotatable bonds is 8. The fourth-order valence-electron chi connectivity index (χ4n) is 2.13. The van der Waals surface area contributed by atoms with E-state index in [0.717, 1.165) is 26.2 Å². The van der Waals surface area contributed by atoms with Gasteiger partial charge in [-0.25, -0.2) is 0 Å². The summed E-state index contributed by atoms with van der Waals surface area (Å²) in [4.78, 5) is 0. The minimum absolute atomic E-state index is 0.304. The Morgan fingerprint density at radius 2 is 1.89 bits per heavy atom. The lowest BCUT2D eigenvalue weighted by Crippen LogP contribution is -2.27. The number of aryl methyl sites for hydroxylation is 2. The molecule has 1 unspecified atom stereocenters. The van der Waals surface area contributed by atoms with Crippen LogP contribution in [0.5, 0.6) is 0 Å². The maximum absolute atomic E-state index is 5.84. The van der Waals surface area contributed by atoms with Crippen molar-refractivity contribution >= 4 is 0 Å². The van der Waals surface area contributed by atoms with E-state index in [9.17, 15) is 0 Å². The van der Waals surface area contributed by atoms with Crippen molar-refractivity contribution in [2.45, 2.75) is 47.1 Å². The minimum Gasteiger partial charge on any atom is -0.379 e. The predicted molar refractivity (Wildman–Crippen MR) is 82.6 cm³/mol. The van der Waals surface area contributed by atoms with Gasteiger partial charge in [0.1, 0.15) is 0 Å². The molecule has 0 fully saturated rings. The van der Waals surface area contributed by atoms with E-state index in [2.05, 4.69) is 58.1 Å². The van der Waals surface area contributed by atoms with Gasteiger partial charge in [0.2, 0.25) is 0 Å². The molecule has 0 aliphatic carbocycles. The third kappa shape index (κ3) is 5.75. The Kier molecular flexibility index (Phi) is 7.11. The standard InChI is InChI=1S/C17H29NO/c1-6-9-18-17(12-19-11-13(2)3)16-10-14(4)7-8-15(16)5/h7-8,10,13,17-18H,6,9,11-12H2,1-5H3. The van der Waals surface area contributed by atoms with Gasteiger partial charge in [0.05, 0.1) is 12.6 Å². The normalized spacial score (nSPS) is 12.9. The van der Waals surface area contributed by atoms with Crippen molar-refractivity contribution in [2.24, 2.45) is 5.92 Å². The Morgan fingerprint density at radius 1 is 1.16 bits per heavy atom. The Balaban J connectivity index is 2.73. The molecule has 0 spiro atoms. The van der Waals surface area contributed by atoms with Crippen molar-refractivity contribution in [1.29, 1.82) is 0 Å². The Bertz CT molecular complexity index is 374. The summed E-state index contributed by atoms with van der Waals surface area (Å²) in [5.74, 6) is 0.588. The van der Waals surface area contributed by atoms with Crippen LogP contribution in [0.25, 0.3) is 0 Å². The summed E-state index contributed by atoms with van der Waals surface area (Å²) in [6, 6.07) is 6.96. The van der Waals surface area contributed by atoms with Crippen LogP contribution in [-0.2, 0) is 4.74 Å². The topological polar surface area (TPSA) is 21.3 Å². The molecule has 0 aromatic heterocycles. The van der Waals surface area contributed by atoms with Gasteiger partial charge in [-0.2, -0.15) is 0 Å². The van der Waals surface area contributed by atoms with Crippen molar-refractivity contribution in [2.75, 3.05) is 19.8 Å². The molecule has 2 heteroatoms. The molecule has 0 radical (unpaired) electrons. The molecule has 0 heterocycles. The van der Waals surface area contributed by atoms with E-state index in [1.165, 1.54) is 16.7 Å². The largest absolute Gasteiger partial charge is 0.379 e. The van der Waals surface area contributed by atoms with Gasteiger partial charge >= 0.3 is 0 Å². The van der Waals surface area contributed by atoms with Crippen LogP contribution in [0.1, 0.15) is 49.9 Å². The highest BCUT2D eigenvalue weighted by atomic mass is 16.5. The highest BCUT2D eigenvalue weighted by molar-refractivity contribution is 5.33. The maximum Gasteiger partial charge on any atom is 0.0661 e. The molecule has 19 heavy (non-hydrogen) atoms. The zero-order valence-corrected chi connectivity index (χ0v) is 13.1. The highest BCUT2D eigenvalue weighted by Gasteiger charge is 2.13. The molecule has 0 aliphatic heterocycles. The first-order valence-electron chi connectivity index (χ1n) is 7.42. The lowest BCUT2D eigenvalue weighted by atomic mass is 9.99. The molecule has 2 nitrogen and oxygen atoms in total. The molecule has 1 N–H and O–H groups in total. The summed E-state index contributed by atoms with van der Waals surface area (Å²) >= 11 is 0. The van der Waals surface area contributed by atoms with E-state index >= 15 is 0 Å². The third-order valence-electron chi connectivity index (χ3n) is 3.19. The van der Waals surface area contributed by atoms with Crippen molar-refractivity contribution in [3.8, 4) is 0 Å². The first-order chi connectivity index (χ1) is 9.04. The summed E-state index contributed by atoms with van der Waals surface area (Å²) < 4.78 is 5.84. The second kappa shape index (κ2) is 8.34. The van der Waals surface area contributed by atoms with Gasteiger partial charge in [-0.05, 0) is 43.9 Å². The average Bonchev–Trinajstić information content (AvgIpc) is 2.36. The Hall–Kier alpha value is -0.860. The molecule has 0 aliphatic rings. The van der Waals surface area contributed by atoms with E-state index in [0.29, 0.717) is 12.0 Å². The molecule has 108 valence electrons. The number of benzene rings is 1. The lowest BCUT2D eigenvalue weighted by Gasteiger charge is -2.22. The Labute approximate surface area is 118 Å². The zero-order chi connectivity index (χ0) is 14.3. The van der Waals surface area contributed by atoms with E-state index in [4.69, 9.17) is 4.74 Å². The van der Waals surface area contributed by atoms with Crippen LogP contribution in [0, 0.1) is 19.8 Å². The van der Waals surface area contributed by atoms with E-state index in [-0.39, 0.29) is 0 Å². The molecule has 0 saturated heterocycles. The van der Waals surface area contributed by atoms with Crippen LogP contribution in [0.2, 0.25) is 0 Å². The number of ether oxygens (including phenoxy) is 1. The van der Waals surface area contributed by atoms with Crippen LogP contribution in [0.15, 0.2) is 18.2 Å². The third-order valence-corrected chi connectivity index (χ3v) is 3.19. The van der Waals surface area contributed by atoms with Crippen LogP contribution in [0.3, 0.4) is 0 Å². The molecule has 1 aromatic rings. The number of nitrogens with one attached hydrogen (secondary N) is 1. The summed E-state index contributed by atoms with van der Waals surface area (Å²) in [6.45, 7) is 13.5. The van der Waals surface area contributed by atoms with Gasteiger partial charge in [0.15, 0.2) is 0 Å². The first kappa shape index (κ1) is 16.2. The smallest absolute Gasteiger partial charge is 0.0661 e. The summed E-state index contributed by atoms with van der Waals surface area (Å²) in [5, 5.41) is 3.60. The SMILES string of the molecule is CCCNC(COCC(C)C)c1cc(C)ccc1C. The van der Waals surface area contributed by atoms with Gasteiger partial charge in [-0.15, -0.1) is 0 Å². The molecular weight excluding hydrogens is 234 g/mol. The maximum atomic E-state index is 5.84. The molecule has 0 bridgehead atoms. The highest BCUT2D eigenvalue weighted by Crippen LogP contribution is 2.20. The minimum atomic E-state index is 0.304. The van der Waals surface area contributed by atoms with Crippen LogP contribution in [-0.4, -0.2) is 19.8 Å². The number of hydrogen-bond acceptors (Lipinski definition) is 2. The molecular formula is C17H29NO. The van der Waals surface area contributed by atoms with Gasteiger partial charge < -0.3 is 10.1 Å². The van der Waals surface area contributed by atoms with Crippen molar-refractivity contribution < 1.29 is 4.74 Å². The number of hydrogen-bond donors (Lipinski definition) is 1. The predicted octanol–water partition coefficient (Wildman–Crippen LogP) is 4.02. The lowest BCUT2D eigenvalue weighted by molar-refractivity contribution is 0.0900. The monoisotopic (exact) mass is 263 g/mol. The van der Waals surface area contributed by atoms with Gasteiger partial charge in [0, 0.05) is 6.61 Å². The second-order valence-electron chi connectivity index (χ2n) is 5.80. The summed E-state index contributed by atoms with van der Waals surface area (Å²) in [6.07, 6.45) is 1.14. The van der Waals surface area contributed by atoms with Crippen LogP contribution >= 0.6 is 0 Å². The van der Waals surface area contributed by atoms with Crippen LogP contribution in [0.4, 0.5) is 0 Å². The van der Waals surface area contributed by atoms with E-state index < -0.39 is 0 Å². The van der Waals surface area contributed by atoms with E-state index in [1.807, 2.05) is 0 Å². The molecule has 0 saturated carbocycles. The Morgan fingerprint density at radius 3 is 2.53 bits per heavy atom. The van der Waals surface area contributed by atoms with Crippen molar-refractivity contribution in [3.05, 3.63) is 34.9 Å². The van der Waals surface area contributed by atoms with Gasteiger partial charge in [-0.3, -0.25) is 0 Å². The van der Waals surface area contributed by atoms with Gasteiger partial charge in [0.25, 0.3) is 0 Å². The molecule has 1 atom stereocenters. The summed E-state index contributed by atoms with van der Waals surface area (Å²) in [7, 11) is 0. The van der Waals surface area contributed by atoms with E-state index in [1.54, 1.807) is 0 Å². The molecule has 0 amide bonds. The van der Waals surface area contributed by atoms with Gasteiger partial charge in [-0.1, -0.05) is 44.5 Å². The zero-order valence-electron chi connectivity index (χ0n) is 13.1. The van der Waals surface area contributed by atoms with Crippen LogP contribution < -0.4 is 5.32 Å². The van der Waals surface area contributed by atoms with Crippen molar-refractivity contribution in [1.82, 2.24) is 5.32 Å². The molecule has 1 aromatic carbocycles. The fourth-order valence-corrected chi connectivity index (χ4v) is 2.13.